The molecule has 0 saturated heterocycles. The summed E-state index contributed by atoms with van der Waals surface area (Å²) in [5.74, 6) is 1.65. The number of halogens is 2. The van der Waals surface area contributed by atoms with Crippen LogP contribution in [0.15, 0.2) is 66.7 Å². The quantitative estimate of drug-likeness (QED) is 0.442. The van der Waals surface area contributed by atoms with Crippen LogP contribution in [-0.4, -0.2) is 30.9 Å². The second-order valence-corrected chi connectivity index (χ2v) is 8.37. The average molecular weight is 458 g/mol. The highest BCUT2D eigenvalue weighted by molar-refractivity contribution is 6.42. The zero-order valence-electron chi connectivity index (χ0n) is 17.1. The maximum absolute atomic E-state index is 10.3. The van der Waals surface area contributed by atoms with Gasteiger partial charge in [0.15, 0.2) is 0 Å². The van der Waals surface area contributed by atoms with Crippen LogP contribution in [0.2, 0.25) is 10.0 Å². The highest BCUT2D eigenvalue weighted by atomic mass is 35.5. The maximum Gasteiger partial charge on any atom is 0.139 e. The molecule has 1 aliphatic rings. The molecule has 0 saturated carbocycles. The van der Waals surface area contributed by atoms with Crippen molar-refractivity contribution in [2.75, 3.05) is 19.7 Å². The van der Waals surface area contributed by atoms with Gasteiger partial charge in [0.2, 0.25) is 0 Å². The largest absolute Gasteiger partial charge is 0.489 e. The van der Waals surface area contributed by atoms with Crippen molar-refractivity contribution in [2.45, 2.75) is 25.0 Å². The third-order valence-corrected chi connectivity index (χ3v) is 6.25. The fraction of sp³-hybridized carbons (Fsp3) is 0.280. The average Bonchev–Trinajstić information content (AvgIpc) is 2.95. The molecule has 4 nitrogen and oxygen atoms in total. The van der Waals surface area contributed by atoms with Crippen molar-refractivity contribution in [1.29, 1.82) is 0 Å². The Balaban J connectivity index is 1.33. The Hall–Kier alpha value is -2.24. The lowest BCUT2D eigenvalue weighted by molar-refractivity contribution is 0.106. The van der Waals surface area contributed by atoms with Crippen LogP contribution in [0.25, 0.3) is 0 Å². The van der Waals surface area contributed by atoms with Gasteiger partial charge in [-0.15, -0.1) is 0 Å². The predicted octanol–water partition coefficient (Wildman–Crippen LogP) is 5.44. The predicted molar refractivity (Wildman–Crippen MR) is 125 cm³/mol. The molecule has 31 heavy (non-hydrogen) atoms. The molecule has 1 heterocycles. The van der Waals surface area contributed by atoms with E-state index in [1.54, 1.807) is 18.2 Å². The maximum atomic E-state index is 10.3. The lowest BCUT2D eigenvalue weighted by Crippen LogP contribution is -2.32. The van der Waals surface area contributed by atoms with Gasteiger partial charge in [0.1, 0.15) is 35.8 Å². The molecule has 3 aromatic carbocycles. The molecule has 4 rings (SSSR count). The van der Waals surface area contributed by atoms with E-state index in [0.29, 0.717) is 28.9 Å². The zero-order chi connectivity index (χ0) is 21.6. The van der Waals surface area contributed by atoms with E-state index in [9.17, 15) is 5.11 Å². The molecule has 0 aromatic heterocycles. The minimum Gasteiger partial charge on any atom is -0.489 e. The van der Waals surface area contributed by atoms with Crippen LogP contribution in [0.3, 0.4) is 0 Å². The molecule has 0 fully saturated rings. The molecule has 2 unspecified atom stereocenters. The molecule has 6 heteroatoms. The number of hydrogen-bond acceptors (Lipinski definition) is 4. The van der Waals surface area contributed by atoms with Gasteiger partial charge < -0.3 is 19.9 Å². The van der Waals surface area contributed by atoms with Crippen molar-refractivity contribution in [3.05, 3.63) is 93.5 Å². The molecular formula is C25H25Cl2NO3. The van der Waals surface area contributed by atoms with Crippen molar-refractivity contribution in [3.8, 4) is 11.5 Å². The summed E-state index contributed by atoms with van der Waals surface area (Å²) in [5, 5.41) is 14.4. The number of rotatable bonds is 8. The first-order valence-electron chi connectivity index (χ1n) is 10.4. The molecule has 3 aromatic rings. The first kappa shape index (κ1) is 22.0. The minimum absolute atomic E-state index is 0.135. The van der Waals surface area contributed by atoms with E-state index in [-0.39, 0.29) is 12.5 Å². The third kappa shape index (κ3) is 5.34. The Labute approximate surface area is 192 Å². The fourth-order valence-electron chi connectivity index (χ4n) is 3.89. The molecule has 0 radical (unpaired) electrons. The van der Waals surface area contributed by atoms with Gasteiger partial charge >= 0.3 is 0 Å². The molecule has 162 valence electrons. The molecule has 0 amide bonds. The molecular weight excluding hydrogens is 433 g/mol. The second-order valence-electron chi connectivity index (χ2n) is 7.59. The van der Waals surface area contributed by atoms with Gasteiger partial charge in [-0.05, 0) is 42.3 Å². The lowest BCUT2D eigenvalue weighted by Gasteiger charge is -2.20. The molecule has 1 aliphatic heterocycles. The van der Waals surface area contributed by atoms with Gasteiger partial charge in [-0.25, -0.2) is 0 Å². The molecule has 0 aliphatic carbocycles. The number of aliphatic hydroxyl groups excluding tert-OH is 1. The van der Waals surface area contributed by atoms with Crippen molar-refractivity contribution in [2.24, 2.45) is 0 Å². The van der Waals surface area contributed by atoms with E-state index in [0.717, 1.165) is 18.7 Å². The monoisotopic (exact) mass is 457 g/mol. The molecule has 2 atom stereocenters. The number of hydrogen-bond donors (Lipinski definition) is 2. The van der Waals surface area contributed by atoms with Crippen molar-refractivity contribution >= 4 is 23.2 Å². The van der Waals surface area contributed by atoms with Crippen LogP contribution < -0.4 is 14.8 Å². The Morgan fingerprint density at radius 1 is 1.00 bits per heavy atom. The van der Waals surface area contributed by atoms with Crippen molar-refractivity contribution < 1.29 is 14.6 Å². The summed E-state index contributed by atoms with van der Waals surface area (Å²) in [6, 6.07) is 21.9. The Bertz CT molecular complexity index is 980. The first-order valence-corrected chi connectivity index (χ1v) is 11.1. The van der Waals surface area contributed by atoms with Gasteiger partial charge in [0.05, 0.1) is 5.02 Å². The fourth-order valence-corrected chi connectivity index (χ4v) is 4.24. The van der Waals surface area contributed by atoms with E-state index in [1.807, 2.05) is 12.1 Å². The van der Waals surface area contributed by atoms with E-state index in [1.165, 1.54) is 16.7 Å². The number of fused-ring (bicyclic) bond motifs is 2. The van der Waals surface area contributed by atoms with Gasteiger partial charge in [0, 0.05) is 18.0 Å². The summed E-state index contributed by atoms with van der Waals surface area (Å²) in [7, 11) is 0. The van der Waals surface area contributed by atoms with E-state index >= 15 is 0 Å². The number of benzene rings is 3. The van der Waals surface area contributed by atoms with Gasteiger partial charge in [-0.3, -0.25) is 0 Å². The Morgan fingerprint density at radius 3 is 2.65 bits per heavy atom. The number of aliphatic hydroxyl groups is 1. The topological polar surface area (TPSA) is 50.7 Å². The van der Waals surface area contributed by atoms with Crippen LogP contribution in [0.5, 0.6) is 11.5 Å². The van der Waals surface area contributed by atoms with Crippen molar-refractivity contribution in [1.82, 2.24) is 5.32 Å². The van der Waals surface area contributed by atoms with Crippen LogP contribution in [0.4, 0.5) is 0 Å². The zero-order valence-corrected chi connectivity index (χ0v) is 18.6. The second kappa shape index (κ2) is 10.4. The lowest BCUT2D eigenvalue weighted by atomic mass is 9.86. The highest BCUT2D eigenvalue weighted by Gasteiger charge is 2.24. The van der Waals surface area contributed by atoms with E-state index in [4.69, 9.17) is 32.7 Å². The first-order chi connectivity index (χ1) is 15.1. The summed E-state index contributed by atoms with van der Waals surface area (Å²) >= 11 is 12.1. The molecule has 0 spiro atoms. The summed E-state index contributed by atoms with van der Waals surface area (Å²) in [6.45, 7) is 1.89. The number of para-hydroxylation sites is 1. The van der Waals surface area contributed by atoms with Gasteiger partial charge in [0.25, 0.3) is 0 Å². The van der Waals surface area contributed by atoms with Crippen LogP contribution >= 0.6 is 23.2 Å². The van der Waals surface area contributed by atoms with E-state index < -0.39 is 6.10 Å². The molecule has 0 bridgehead atoms. The summed E-state index contributed by atoms with van der Waals surface area (Å²) < 4.78 is 11.7. The normalized spacial score (nSPS) is 15.9. The molecule has 2 N–H and O–H groups in total. The summed E-state index contributed by atoms with van der Waals surface area (Å²) in [4.78, 5) is 0. The Morgan fingerprint density at radius 2 is 1.77 bits per heavy atom. The highest BCUT2D eigenvalue weighted by Crippen LogP contribution is 2.39. The Kier molecular flexibility index (Phi) is 7.36. The number of ether oxygens (including phenoxy) is 2. The van der Waals surface area contributed by atoms with Gasteiger partial charge in [-0.2, -0.15) is 0 Å². The standard InChI is InChI=1S/C25H25Cl2NO3/c26-22-9-5-11-24(25(22)27)31-16-18(29)14-28-13-12-20-19-7-2-1-6-17(19)15-30-23-10-4-3-8-21(20)23/h1-11,18,20,28-29H,12-16H2. The number of nitrogens with one attached hydrogen (secondary N) is 1. The van der Waals surface area contributed by atoms with Crippen LogP contribution in [0.1, 0.15) is 29.0 Å². The third-order valence-electron chi connectivity index (χ3n) is 5.45. The van der Waals surface area contributed by atoms with E-state index in [2.05, 4.69) is 41.7 Å². The van der Waals surface area contributed by atoms with Crippen LogP contribution in [0, 0.1) is 0 Å². The van der Waals surface area contributed by atoms with Gasteiger partial charge in [-0.1, -0.05) is 71.7 Å². The van der Waals surface area contributed by atoms with Crippen molar-refractivity contribution in [3.63, 3.8) is 0 Å². The summed E-state index contributed by atoms with van der Waals surface area (Å²) in [6.07, 6.45) is 0.234. The summed E-state index contributed by atoms with van der Waals surface area (Å²) in [5.41, 5.74) is 3.72. The van der Waals surface area contributed by atoms with Crippen LogP contribution in [-0.2, 0) is 6.61 Å². The smallest absolute Gasteiger partial charge is 0.139 e. The minimum atomic E-state index is -0.660. The SMILES string of the molecule is OC(CNCCC1c2ccccc2COc2ccccc21)COc1cccc(Cl)c1Cl.